The van der Waals surface area contributed by atoms with E-state index in [4.69, 9.17) is 4.74 Å². The molecular weight excluding hydrogens is 346 g/mol. The van der Waals surface area contributed by atoms with Crippen molar-refractivity contribution in [2.24, 2.45) is 0 Å². The molecule has 0 unspecified atom stereocenters. The highest BCUT2D eigenvalue weighted by molar-refractivity contribution is 5.92. The lowest BCUT2D eigenvalue weighted by Crippen LogP contribution is -2.37. The molecule has 1 heterocycles. The summed E-state index contributed by atoms with van der Waals surface area (Å²) in [6.07, 6.45) is 0.571. The van der Waals surface area contributed by atoms with Crippen LogP contribution in [-0.2, 0) is 16.1 Å². The summed E-state index contributed by atoms with van der Waals surface area (Å²) in [6.45, 7) is 2.01. The van der Waals surface area contributed by atoms with Gasteiger partial charge in [0.25, 0.3) is 5.91 Å². The van der Waals surface area contributed by atoms with E-state index in [0.717, 1.165) is 5.56 Å². The van der Waals surface area contributed by atoms with Crippen LogP contribution in [0.3, 0.4) is 0 Å². The molecule has 0 aliphatic carbocycles. The van der Waals surface area contributed by atoms with E-state index in [0.29, 0.717) is 17.8 Å². The van der Waals surface area contributed by atoms with Gasteiger partial charge in [0, 0.05) is 13.6 Å². The molecule has 0 saturated carbocycles. The summed E-state index contributed by atoms with van der Waals surface area (Å²) in [5, 5.41) is 10.9. The minimum absolute atomic E-state index is 0.266. The SMILES string of the molecule is C[C@H](OC(=O)c1ccc(-n2cnnn2)cc1)C(=O)N(C)Cc1ccccc1. The van der Waals surface area contributed by atoms with E-state index in [-0.39, 0.29) is 5.91 Å². The third kappa shape index (κ3) is 4.55. The molecule has 1 aromatic heterocycles. The van der Waals surface area contributed by atoms with Gasteiger partial charge in [0.15, 0.2) is 6.10 Å². The highest BCUT2D eigenvalue weighted by Crippen LogP contribution is 2.11. The molecule has 0 saturated heterocycles. The lowest BCUT2D eigenvalue weighted by Gasteiger charge is -2.21. The normalized spacial score (nSPS) is 11.6. The average Bonchev–Trinajstić information content (AvgIpc) is 3.23. The van der Waals surface area contributed by atoms with E-state index in [1.54, 1.807) is 38.2 Å². The zero-order chi connectivity index (χ0) is 19.2. The van der Waals surface area contributed by atoms with Gasteiger partial charge >= 0.3 is 5.97 Å². The number of rotatable bonds is 6. The number of likely N-dealkylation sites (N-methyl/N-ethyl adjacent to an activating group) is 1. The van der Waals surface area contributed by atoms with E-state index in [2.05, 4.69) is 15.5 Å². The van der Waals surface area contributed by atoms with E-state index in [1.807, 2.05) is 30.3 Å². The van der Waals surface area contributed by atoms with Crippen molar-refractivity contribution in [3.63, 3.8) is 0 Å². The quantitative estimate of drug-likeness (QED) is 0.620. The van der Waals surface area contributed by atoms with Crippen LogP contribution >= 0.6 is 0 Å². The Morgan fingerprint density at radius 2 is 1.81 bits per heavy atom. The summed E-state index contributed by atoms with van der Waals surface area (Å²) in [4.78, 5) is 26.3. The van der Waals surface area contributed by atoms with Crippen LogP contribution in [0.2, 0.25) is 0 Å². The van der Waals surface area contributed by atoms with Crippen LogP contribution in [0, 0.1) is 0 Å². The molecule has 0 bridgehead atoms. The van der Waals surface area contributed by atoms with Gasteiger partial charge in [-0.1, -0.05) is 30.3 Å². The zero-order valence-corrected chi connectivity index (χ0v) is 15.0. The second-order valence-electron chi connectivity index (χ2n) is 6.03. The summed E-state index contributed by atoms with van der Waals surface area (Å²) in [7, 11) is 1.68. The molecule has 3 aromatic rings. The molecule has 3 rings (SSSR count). The van der Waals surface area contributed by atoms with Gasteiger partial charge in [0.2, 0.25) is 0 Å². The fourth-order valence-electron chi connectivity index (χ4n) is 2.55. The van der Waals surface area contributed by atoms with Crippen molar-refractivity contribution >= 4 is 11.9 Å². The van der Waals surface area contributed by atoms with Crippen LogP contribution in [0.15, 0.2) is 60.9 Å². The van der Waals surface area contributed by atoms with Crippen molar-refractivity contribution in [3.05, 3.63) is 72.1 Å². The molecule has 138 valence electrons. The van der Waals surface area contributed by atoms with Crippen LogP contribution in [0.5, 0.6) is 0 Å². The first kappa shape index (κ1) is 18.2. The Labute approximate surface area is 156 Å². The molecule has 27 heavy (non-hydrogen) atoms. The standard InChI is InChI=1S/C19H19N5O3/c1-14(18(25)23(2)12-15-6-4-3-5-7-15)27-19(26)16-8-10-17(11-9-16)24-13-20-21-22-24/h3-11,13-14H,12H2,1-2H3/t14-/m0/s1. The van der Waals surface area contributed by atoms with Crippen LogP contribution in [0.4, 0.5) is 0 Å². The number of nitrogens with zero attached hydrogens (tertiary/aromatic N) is 5. The van der Waals surface area contributed by atoms with Crippen molar-refractivity contribution in [2.45, 2.75) is 19.6 Å². The Bertz CT molecular complexity index is 895. The number of carbonyl (C=O) groups is 2. The number of tetrazole rings is 1. The number of ether oxygens (including phenoxy) is 1. The highest BCUT2D eigenvalue weighted by atomic mass is 16.5. The smallest absolute Gasteiger partial charge is 0.338 e. The highest BCUT2D eigenvalue weighted by Gasteiger charge is 2.22. The number of esters is 1. The molecule has 2 aromatic carbocycles. The number of aromatic nitrogens is 4. The minimum Gasteiger partial charge on any atom is -0.449 e. The number of benzene rings is 2. The average molecular weight is 365 g/mol. The summed E-state index contributed by atoms with van der Waals surface area (Å²) >= 11 is 0. The van der Waals surface area contributed by atoms with Gasteiger partial charge in [-0.25, -0.2) is 9.48 Å². The molecule has 0 fully saturated rings. The zero-order valence-electron chi connectivity index (χ0n) is 15.0. The van der Waals surface area contributed by atoms with E-state index < -0.39 is 12.1 Å². The molecule has 0 aliphatic rings. The summed E-state index contributed by atoms with van der Waals surface area (Å²) in [5.74, 6) is -0.829. The number of hydrogen-bond acceptors (Lipinski definition) is 6. The molecule has 0 spiro atoms. The fourth-order valence-corrected chi connectivity index (χ4v) is 2.55. The second kappa shape index (κ2) is 8.22. The van der Waals surface area contributed by atoms with E-state index in [1.165, 1.54) is 15.9 Å². The van der Waals surface area contributed by atoms with Gasteiger partial charge in [-0.15, -0.1) is 5.10 Å². The monoisotopic (exact) mass is 365 g/mol. The molecule has 8 nitrogen and oxygen atoms in total. The van der Waals surface area contributed by atoms with Gasteiger partial charge < -0.3 is 9.64 Å². The van der Waals surface area contributed by atoms with Gasteiger partial charge in [-0.3, -0.25) is 4.79 Å². The third-order valence-corrected chi connectivity index (χ3v) is 3.99. The van der Waals surface area contributed by atoms with Gasteiger partial charge in [-0.05, 0) is 47.2 Å². The maximum Gasteiger partial charge on any atom is 0.338 e. The first-order valence-corrected chi connectivity index (χ1v) is 8.38. The van der Waals surface area contributed by atoms with Crippen LogP contribution < -0.4 is 0 Å². The predicted octanol–water partition coefficient (Wildman–Crippen LogP) is 1.87. The molecule has 8 heteroatoms. The van der Waals surface area contributed by atoms with Crippen LogP contribution in [-0.4, -0.2) is 50.1 Å². The van der Waals surface area contributed by atoms with Crippen molar-refractivity contribution < 1.29 is 14.3 Å². The fraction of sp³-hybridized carbons (Fsp3) is 0.211. The molecule has 1 atom stereocenters. The first-order chi connectivity index (χ1) is 13.0. The van der Waals surface area contributed by atoms with Crippen LogP contribution in [0.25, 0.3) is 5.69 Å². The van der Waals surface area contributed by atoms with Crippen molar-refractivity contribution in [1.29, 1.82) is 0 Å². The number of hydrogen-bond donors (Lipinski definition) is 0. The summed E-state index contributed by atoms with van der Waals surface area (Å²) in [6, 6.07) is 16.2. The Balaban J connectivity index is 1.58. The van der Waals surface area contributed by atoms with Crippen LogP contribution in [0.1, 0.15) is 22.8 Å². The summed E-state index contributed by atoms with van der Waals surface area (Å²) in [5.41, 5.74) is 2.06. The summed E-state index contributed by atoms with van der Waals surface area (Å²) < 4.78 is 6.78. The molecule has 0 N–H and O–H groups in total. The Kier molecular flexibility index (Phi) is 5.55. The molecule has 0 aliphatic heterocycles. The van der Waals surface area contributed by atoms with Gasteiger partial charge in [-0.2, -0.15) is 0 Å². The molecule has 1 amide bonds. The predicted molar refractivity (Wildman–Crippen MR) is 96.9 cm³/mol. The second-order valence-corrected chi connectivity index (χ2v) is 6.03. The third-order valence-electron chi connectivity index (χ3n) is 3.99. The van der Waals surface area contributed by atoms with Crippen molar-refractivity contribution in [1.82, 2.24) is 25.1 Å². The first-order valence-electron chi connectivity index (χ1n) is 8.38. The van der Waals surface area contributed by atoms with Gasteiger partial charge in [0.05, 0.1) is 11.3 Å². The lowest BCUT2D eigenvalue weighted by atomic mass is 10.2. The topological polar surface area (TPSA) is 90.2 Å². The van der Waals surface area contributed by atoms with E-state index in [9.17, 15) is 9.59 Å². The Hall–Kier alpha value is -3.55. The van der Waals surface area contributed by atoms with E-state index >= 15 is 0 Å². The maximum absolute atomic E-state index is 12.4. The maximum atomic E-state index is 12.4. The molecular formula is C19H19N5O3. The van der Waals surface area contributed by atoms with Crippen molar-refractivity contribution in [2.75, 3.05) is 7.05 Å². The Morgan fingerprint density at radius 3 is 2.44 bits per heavy atom. The number of amides is 1. The van der Waals surface area contributed by atoms with Gasteiger partial charge in [0.1, 0.15) is 6.33 Å². The molecule has 0 radical (unpaired) electrons. The largest absolute Gasteiger partial charge is 0.449 e. The Morgan fingerprint density at radius 1 is 1.11 bits per heavy atom. The minimum atomic E-state index is -0.884. The lowest BCUT2D eigenvalue weighted by molar-refractivity contribution is -0.139. The number of carbonyl (C=O) groups excluding carboxylic acids is 2. The van der Waals surface area contributed by atoms with Crippen molar-refractivity contribution in [3.8, 4) is 5.69 Å².